The van der Waals surface area contributed by atoms with Crippen molar-refractivity contribution in [1.82, 2.24) is 0 Å². The van der Waals surface area contributed by atoms with Gasteiger partial charge in [0.1, 0.15) is 30.5 Å². The first-order valence-corrected chi connectivity index (χ1v) is 17.8. The maximum Gasteiger partial charge on any atom is 0.350 e. The summed E-state index contributed by atoms with van der Waals surface area (Å²) in [6.07, 6.45) is -11.6. The minimum absolute atomic E-state index is 0.123. The predicted molar refractivity (Wildman–Crippen MR) is 186 cm³/mol. The molecule has 4 saturated heterocycles. The molecule has 0 spiro atoms. The van der Waals surface area contributed by atoms with Crippen LogP contribution >= 0.6 is 0 Å². The number of hydrogen-bond donors (Lipinski definition) is 0. The molecule has 4 aliphatic rings. The van der Waals surface area contributed by atoms with Gasteiger partial charge in [0.05, 0.1) is 30.4 Å². The van der Waals surface area contributed by atoms with Crippen LogP contribution in [0.4, 0.5) is 0 Å². The fourth-order valence-corrected chi connectivity index (χ4v) is 6.96. The molecule has 292 valence electrons. The Hall–Kier alpha value is -4.74. The van der Waals surface area contributed by atoms with Crippen molar-refractivity contribution in [2.24, 2.45) is 0 Å². The number of benzene rings is 3. The summed E-state index contributed by atoms with van der Waals surface area (Å²) in [7, 11) is 1.10. The minimum atomic E-state index is -1.83. The highest BCUT2D eigenvalue weighted by atomic mass is 16.9. The fraction of sp³-hybridized carbons (Fsp3) is 0.450. The van der Waals surface area contributed by atoms with Gasteiger partial charge in [-0.3, -0.25) is 0 Å². The van der Waals surface area contributed by atoms with Crippen molar-refractivity contribution >= 4 is 23.9 Å². The molecule has 0 amide bonds. The van der Waals surface area contributed by atoms with Crippen LogP contribution in [0.2, 0.25) is 0 Å². The molecule has 0 radical (unpaired) electrons. The molecule has 15 heteroatoms. The van der Waals surface area contributed by atoms with Gasteiger partial charge in [-0.1, -0.05) is 54.6 Å². The van der Waals surface area contributed by atoms with Gasteiger partial charge in [-0.2, -0.15) is 0 Å². The van der Waals surface area contributed by atoms with Crippen LogP contribution in [0, 0.1) is 0 Å². The average molecular weight is 763 g/mol. The number of ether oxygens (including phenoxy) is 11. The molecule has 55 heavy (non-hydrogen) atoms. The van der Waals surface area contributed by atoms with Crippen LogP contribution in [0.15, 0.2) is 91.0 Å². The second-order valence-electron chi connectivity index (χ2n) is 14.2. The molecule has 3 aromatic rings. The van der Waals surface area contributed by atoms with Crippen LogP contribution in [0.3, 0.4) is 0 Å². The zero-order valence-electron chi connectivity index (χ0n) is 30.8. The Morgan fingerprint density at radius 2 is 1.11 bits per heavy atom. The van der Waals surface area contributed by atoms with Gasteiger partial charge >= 0.3 is 23.9 Å². The van der Waals surface area contributed by atoms with Crippen LogP contribution in [-0.4, -0.2) is 111 Å². The highest BCUT2D eigenvalue weighted by Crippen LogP contribution is 2.44. The average Bonchev–Trinajstić information content (AvgIpc) is 3.81. The van der Waals surface area contributed by atoms with E-state index < -0.39 is 96.9 Å². The molecule has 0 aromatic heterocycles. The molecule has 0 saturated carbocycles. The van der Waals surface area contributed by atoms with Crippen LogP contribution in [0.25, 0.3) is 0 Å². The third-order valence-electron chi connectivity index (χ3n) is 9.36. The quantitative estimate of drug-likeness (QED) is 0.203. The molecule has 10 atom stereocenters. The van der Waals surface area contributed by atoms with Crippen molar-refractivity contribution in [1.29, 1.82) is 0 Å². The Kier molecular flexibility index (Phi) is 11.1. The van der Waals surface area contributed by atoms with Gasteiger partial charge in [0.25, 0.3) is 0 Å². The molecule has 0 bridgehead atoms. The fourth-order valence-electron chi connectivity index (χ4n) is 6.96. The molecule has 3 aromatic carbocycles. The lowest BCUT2D eigenvalue weighted by Crippen LogP contribution is -2.56. The van der Waals surface area contributed by atoms with Gasteiger partial charge in [0, 0.05) is 0 Å². The highest BCUT2D eigenvalue weighted by molar-refractivity contribution is 5.92. The Balaban J connectivity index is 1.22. The minimum Gasteiger partial charge on any atom is -0.466 e. The lowest BCUT2D eigenvalue weighted by Gasteiger charge is -2.37. The summed E-state index contributed by atoms with van der Waals surface area (Å²) in [5, 5.41) is 0. The normalized spacial score (nSPS) is 30.7. The van der Waals surface area contributed by atoms with E-state index in [9.17, 15) is 19.2 Å². The molecule has 4 heterocycles. The Bertz CT molecular complexity index is 1830. The first-order chi connectivity index (χ1) is 26.3. The van der Waals surface area contributed by atoms with Crippen molar-refractivity contribution in [2.75, 3.05) is 13.7 Å². The monoisotopic (exact) mass is 762 g/mol. The van der Waals surface area contributed by atoms with Crippen molar-refractivity contribution in [3.05, 3.63) is 108 Å². The van der Waals surface area contributed by atoms with Gasteiger partial charge in [0.15, 0.2) is 36.4 Å². The standard InChI is InChI=1S/C40H42O15/c1-39(2)52-26-25(47-38-32(29(26)53-39)54-40(3,4)55-38)21-46-37-31(50-35(43)24-19-13-8-14-20-24)28(48-33(41)22-15-9-6-10-16-22)27(51-37)30(36(44)45-5)49-34(42)23-17-11-7-12-18-23/h6-20,25-32,37-38H,21H2,1-5H3/t25-,26+,27-,28+,29+,30+,31-,32-,37-,38-/m1/s1. The van der Waals surface area contributed by atoms with Crippen molar-refractivity contribution in [3.63, 3.8) is 0 Å². The summed E-state index contributed by atoms with van der Waals surface area (Å²) in [5.74, 6) is -5.56. The molecule has 7 rings (SSSR count). The zero-order valence-corrected chi connectivity index (χ0v) is 30.8. The van der Waals surface area contributed by atoms with Crippen LogP contribution in [-0.2, 0) is 56.9 Å². The smallest absolute Gasteiger partial charge is 0.350 e. The second-order valence-corrected chi connectivity index (χ2v) is 14.2. The lowest BCUT2D eigenvalue weighted by atomic mass is 9.99. The molecule has 4 fully saturated rings. The molecule has 0 N–H and O–H groups in total. The Morgan fingerprint density at radius 1 is 0.618 bits per heavy atom. The second kappa shape index (κ2) is 15.8. The van der Waals surface area contributed by atoms with E-state index >= 15 is 0 Å². The SMILES string of the molecule is COC(=O)[C@@H](OC(=O)c1ccccc1)[C@@H]1O[C@@H](OC[C@H]2O[C@@H]3OC(C)(C)O[C@@H]3[C@H]3OC(C)(C)O[C@H]32)[C@H](OC(=O)c2ccccc2)[C@H]1OC(=O)c1ccccc1. The van der Waals surface area contributed by atoms with Gasteiger partial charge in [-0.15, -0.1) is 0 Å². The van der Waals surface area contributed by atoms with Gasteiger partial charge in [0.2, 0.25) is 6.10 Å². The van der Waals surface area contributed by atoms with E-state index in [1.54, 1.807) is 82.3 Å². The van der Waals surface area contributed by atoms with Crippen molar-refractivity contribution in [3.8, 4) is 0 Å². The number of esters is 4. The number of methoxy groups -OCH3 is 1. The third-order valence-corrected chi connectivity index (χ3v) is 9.36. The summed E-state index contributed by atoms with van der Waals surface area (Å²) >= 11 is 0. The van der Waals surface area contributed by atoms with Crippen molar-refractivity contribution < 1.29 is 71.3 Å². The van der Waals surface area contributed by atoms with Crippen LogP contribution in [0.5, 0.6) is 0 Å². The summed E-state index contributed by atoms with van der Waals surface area (Å²) in [5.41, 5.74) is 0.438. The first kappa shape index (κ1) is 38.5. The Labute approximate surface area is 316 Å². The van der Waals surface area contributed by atoms with E-state index in [2.05, 4.69) is 0 Å². The molecule has 4 aliphatic heterocycles. The number of hydrogen-bond acceptors (Lipinski definition) is 15. The topological polar surface area (TPSA) is 170 Å². The predicted octanol–water partition coefficient (Wildman–Crippen LogP) is 3.97. The molecule has 15 nitrogen and oxygen atoms in total. The number of carbonyl (C=O) groups excluding carboxylic acids is 4. The van der Waals surface area contributed by atoms with E-state index in [4.69, 9.17) is 52.1 Å². The van der Waals surface area contributed by atoms with E-state index in [1.807, 2.05) is 0 Å². The third kappa shape index (κ3) is 8.43. The summed E-state index contributed by atoms with van der Waals surface area (Å²) in [6, 6.07) is 24.0. The van der Waals surface area contributed by atoms with Gasteiger partial charge in [-0.05, 0) is 64.1 Å². The molecule has 0 unspecified atom stereocenters. The van der Waals surface area contributed by atoms with Crippen molar-refractivity contribution in [2.45, 2.75) is 101 Å². The summed E-state index contributed by atoms with van der Waals surface area (Å²) < 4.78 is 66.3. The largest absolute Gasteiger partial charge is 0.466 e. The van der Waals surface area contributed by atoms with Gasteiger partial charge in [-0.25, -0.2) is 19.2 Å². The number of rotatable bonds is 11. The number of carbonyl (C=O) groups is 4. The zero-order chi connectivity index (χ0) is 38.9. The van der Waals surface area contributed by atoms with E-state index in [0.717, 1.165) is 7.11 Å². The van der Waals surface area contributed by atoms with E-state index in [1.165, 1.54) is 36.4 Å². The van der Waals surface area contributed by atoms with E-state index in [-0.39, 0.29) is 23.3 Å². The lowest BCUT2D eigenvalue weighted by molar-refractivity contribution is -0.260. The number of fused-ring (bicyclic) bond motifs is 3. The molecular weight excluding hydrogens is 720 g/mol. The van der Waals surface area contributed by atoms with Crippen LogP contribution < -0.4 is 0 Å². The molecular formula is C40H42O15. The van der Waals surface area contributed by atoms with Gasteiger partial charge < -0.3 is 52.1 Å². The maximum atomic E-state index is 13.7. The van der Waals surface area contributed by atoms with Crippen LogP contribution in [0.1, 0.15) is 58.8 Å². The first-order valence-electron chi connectivity index (χ1n) is 17.8. The Morgan fingerprint density at radius 3 is 1.67 bits per heavy atom. The summed E-state index contributed by atoms with van der Waals surface area (Å²) in [6.45, 7) is 6.79. The molecule has 0 aliphatic carbocycles. The maximum absolute atomic E-state index is 13.7. The highest BCUT2D eigenvalue weighted by Gasteiger charge is 2.62. The van der Waals surface area contributed by atoms with E-state index in [0.29, 0.717) is 0 Å². The summed E-state index contributed by atoms with van der Waals surface area (Å²) in [4.78, 5) is 54.1.